The molecule has 0 fully saturated rings. The number of hydrogen-bond acceptors (Lipinski definition) is 9. The van der Waals surface area contributed by atoms with Crippen LogP contribution < -0.4 is 16.2 Å². The number of pyridine rings is 1. The normalized spacial score (nSPS) is 12.8. The number of fused-ring (bicyclic) bond motifs is 1. The number of ether oxygens (including phenoxy) is 1. The van der Waals surface area contributed by atoms with Crippen LogP contribution >= 0.6 is 0 Å². The van der Waals surface area contributed by atoms with Crippen molar-refractivity contribution < 1.29 is 27.6 Å². The Morgan fingerprint density at radius 1 is 1.18 bits per heavy atom. The number of alkyl halides is 3. The molecule has 4 rings (SSSR count). The minimum absolute atomic E-state index is 0.0497. The maximum absolute atomic E-state index is 13.4. The van der Waals surface area contributed by atoms with Gasteiger partial charge in [-0.3, -0.25) is 0 Å². The lowest BCUT2D eigenvalue weighted by atomic mass is 10.0. The highest BCUT2D eigenvalue weighted by atomic mass is 19.4. The van der Waals surface area contributed by atoms with E-state index in [9.17, 15) is 18.3 Å². The summed E-state index contributed by atoms with van der Waals surface area (Å²) in [6, 6.07) is 6.13. The molecule has 0 saturated heterocycles. The summed E-state index contributed by atoms with van der Waals surface area (Å²) in [4.78, 5) is 9.02. The number of nitrogens with zero attached hydrogens (tertiary/aromatic N) is 5. The predicted octanol–water partition coefficient (Wildman–Crippen LogP) is 3.17. The summed E-state index contributed by atoms with van der Waals surface area (Å²) in [6.45, 7) is 5.26. The quantitative estimate of drug-likeness (QED) is 0.307. The Morgan fingerprint density at radius 3 is 2.55 bits per heavy atom. The standard InChI is InChI=1S/C25H26F3N7O3/c1-4-35-18-12-19(37-13-15(29)11-14-7-5-6-8-16(14)25(26,27)28)31-17(9-10-24(2,3)36)20(18)32-23(35)21-22(30)34-38-33-21/h5-8,12,15,36H,4,11,13,29H2,1-3H3,(H2,30,34)/t15-/m0/s1. The number of halogens is 3. The van der Waals surface area contributed by atoms with E-state index in [1.165, 1.54) is 32.0 Å². The highest BCUT2D eigenvalue weighted by Crippen LogP contribution is 2.33. The van der Waals surface area contributed by atoms with Crippen LogP contribution in [-0.2, 0) is 19.1 Å². The van der Waals surface area contributed by atoms with Gasteiger partial charge in [0.05, 0.1) is 11.1 Å². The average Bonchev–Trinajstić information content (AvgIpc) is 3.43. The summed E-state index contributed by atoms with van der Waals surface area (Å²) in [5, 5.41) is 17.5. The maximum Gasteiger partial charge on any atom is 0.416 e. The van der Waals surface area contributed by atoms with Crippen LogP contribution in [0.15, 0.2) is 35.0 Å². The number of rotatable bonds is 7. The third kappa shape index (κ3) is 5.87. The van der Waals surface area contributed by atoms with Crippen LogP contribution in [0.2, 0.25) is 0 Å². The molecule has 5 N–H and O–H groups in total. The topological polar surface area (TPSA) is 151 Å². The molecule has 3 aromatic heterocycles. The van der Waals surface area contributed by atoms with E-state index < -0.39 is 23.4 Å². The number of aromatic nitrogens is 5. The molecule has 0 bridgehead atoms. The van der Waals surface area contributed by atoms with Crippen LogP contribution in [0.5, 0.6) is 5.88 Å². The van der Waals surface area contributed by atoms with Crippen molar-refractivity contribution in [1.29, 1.82) is 0 Å². The Balaban J connectivity index is 1.68. The zero-order chi connectivity index (χ0) is 27.7. The second-order valence-electron chi connectivity index (χ2n) is 9.09. The van der Waals surface area contributed by atoms with E-state index in [2.05, 4.69) is 32.1 Å². The van der Waals surface area contributed by atoms with Gasteiger partial charge in [-0.15, -0.1) is 0 Å². The summed E-state index contributed by atoms with van der Waals surface area (Å²) in [6.07, 6.45) is -4.55. The SMILES string of the molecule is CCn1c(-c2nonc2N)nc2c(C#CC(C)(C)O)nc(OC[C@@H](N)Cc3ccccc3C(F)(F)F)cc21. The van der Waals surface area contributed by atoms with Gasteiger partial charge in [-0.2, -0.15) is 13.2 Å². The second-order valence-corrected chi connectivity index (χ2v) is 9.09. The fourth-order valence-corrected chi connectivity index (χ4v) is 3.83. The summed E-state index contributed by atoms with van der Waals surface area (Å²) < 4.78 is 52.4. The Labute approximate surface area is 215 Å². The zero-order valence-electron chi connectivity index (χ0n) is 20.9. The third-order valence-electron chi connectivity index (χ3n) is 5.49. The number of nitrogens with two attached hydrogens (primary N) is 2. The molecule has 0 radical (unpaired) electrons. The van der Waals surface area contributed by atoms with E-state index >= 15 is 0 Å². The van der Waals surface area contributed by atoms with E-state index in [1.807, 2.05) is 6.92 Å². The first-order valence-electron chi connectivity index (χ1n) is 11.7. The molecule has 0 saturated carbocycles. The molecule has 1 atom stereocenters. The second kappa shape index (κ2) is 10.3. The number of hydrogen-bond donors (Lipinski definition) is 3. The number of aliphatic hydroxyl groups is 1. The lowest BCUT2D eigenvalue weighted by Crippen LogP contribution is -2.31. The van der Waals surface area contributed by atoms with E-state index in [0.29, 0.717) is 23.4 Å². The maximum atomic E-state index is 13.4. The smallest absolute Gasteiger partial charge is 0.416 e. The van der Waals surface area contributed by atoms with Crippen molar-refractivity contribution in [3.05, 3.63) is 47.2 Å². The molecule has 13 heteroatoms. The lowest BCUT2D eigenvalue weighted by Gasteiger charge is -2.17. The molecule has 0 aliphatic rings. The molecular weight excluding hydrogens is 503 g/mol. The van der Waals surface area contributed by atoms with Gasteiger partial charge in [-0.1, -0.05) is 24.1 Å². The van der Waals surface area contributed by atoms with Crippen LogP contribution in [0.1, 0.15) is 37.6 Å². The monoisotopic (exact) mass is 529 g/mol. The molecule has 0 amide bonds. The Bertz CT molecular complexity index is 1510. The fraction of sp³-hybridized carbons (Fsp3) is 0.360. The largest absolute Gasteiger partial charge is 0.476 e. The molecule has 0 aliphatic heterocycles. The minimum atomic E-state index is -4.49. The van der Waals surface area contributed by atoms with Gasteiger partial charge in [0.15, 0.2) is 17.3 Å². The molecule has 0 unspecified atom stereocenters. The number of benzene rings is 1. The summed E-state index contributed by atoms with van der Waals surface area (Å²) in [5.41, 5.74) is 11.5. The van der Waals surface area contributed by atoms with Crippen molar-refractivity contribution in [3.63, 3.8) is 0 Å². The number of nitrogen functional groups attached to an aromatic ring is 1. The summed E-state index contributed by atoms with van der Waals surface area (Å²) in [5.74, 6) is 6.08. The van der Waals surface area contributed by atoms with Crippen LogP contribution in [0.3, 0.4) is 0 Å². The molecule has 3 heterocycles. The Hall–Kier alpha value is -4.15. The van der Waals surface area contributed by atoms with Crippen LogP contribution in [-0.4, -0.2) is 48.2 Å². The molecule has 0 spiro atoms. The van der Waals surface area contributed by atoms with Crippen molar-refractivity contribution in [2.45, 2.75) is 51.6 Å². The third-order valence-corrected chi connectivity index (χ3v) is 5.49. The van der Waals surface area contributed by atoms with E-state index in [0.717, 1.165) is 6.07 Å². The molecule has 38 heavy (non-hydrogen) atoms. The highest BCUT2D eigenvalue weighted by Gasteiger charge is 2.33. The van der Waals surface area contributed by atoms with Crippen molar-refractivity contribution in [2.75, 3.05) is 12.3 Å². The highest BCUT2D eigenvalue weighted by molar-refractivity contribution is 5.86. The van der Waals surface area contributed by atoms with E-state index in [4.69, 9.17) is 20.8 Å². The van der Waals surface area contributed by atoms with Gasteiger partial charge in [0, 0.05) is 18.7 Å². The lowest BCUT2D eigenvalue weighted by molar-refractivity contribution is -0.138. The van der Waals surface area contributed by atoms with Gasteiger partial charge in [-0.05, 0) is 55.1 Å². The molecule has 10 nitrogen and oxygen atoms in total. The summed E-state index contributed by atoms with van der Waals surface area (Å²) in [7, 11) is 0. The first-order valence-corrected chi connectivity index (χ1v) is 11.7. The van der Waals surface area contributed by atoms with Crippen LogP contribution in [0.25, 0.3) is 22.6 Å². The van der Waals surface area contributed by atoms with Gasteiger partial charge in [0.25, 0.3) is 0 Å². The predicted molar refractivity (Wildman–Crippen MR) is 133 cm³/mol. The first kappa shape index (κ1) is 26.9. The van der Waals surface area contributed by atoms with E-state index in [1.54, 1.807) is 10.6 Å². The fourth-order valence-electron chi connectivity index (χ4n) is 3.83. The Kier molecular flexibility index (Phi) is 7.30. The van der Waals surface area contributed by atoms with Gasteiger partial charge in [0.1, 0.15) is 23.4 Å². The minimum Gasteiger partial charge on any atom is -0.476 e. The van der Waals surface area contributed by atoms with Gasteiger partial charge in [-0.25, -0.2) is 14.6 Å². The first-order chi connectivity index (χ1) is 17.9. The van der Waals surface area contributed by atoms with Crippen molar-refractivity contribution in [1.82, 2.24) is 24.8 Å². The van der Waals surface area contributed by atoms with Crippen molar-refractivity contribution >= 4 is 16.9 Å². The average molecular weight is 530 g/mol. The molecule has 200 valence electrons. The number of aryl methyl sites for hydroxylation is 1. The van der Waals surface area contributed by atoms with Crippen molar-refractivity contribution in [2.24, 2.45) is 5.73 Å². The van der Waals surface area contributed by atoms with Crippen LogP contribution in [0.4, 0.5) is 19.0 Å². The molecular formula is C25H26F3N7O3. The number of imidazole rings is 1. The summed E-state index contributed by atoms with van der Waals surface area (Å²) >= 11 is 0. The van der Waals surface area contributed by atoms with Crippen LogP contribution in [0, 0.1) is 11.8 Å². The van der Waals surface area contributed by atoms with Gasteiger partial charge < -0.3 is 25.9 Å². The molecule has 0 aliphatic carbocycles. The van der Waals surface area contributed by atoms with Gasteiger partial charge >= 0.3 is 6.18 Å². The van der Waals surface area contributed by atoms with E-state index in [-0.39, 0.29) is 41.7 Å². The molecule has 1 aromatic carbocycles. The van der Waals surface area contributed by atoms with Gasteiger partial charge in [0.2, 0.25) is 5.88 Å². The molecule has 4 aromatic rings. The van der Waals surface area contributed by atoms with Crippen molar-refractivity contribution in [3.8, 4) is 29.2 Å². The number of anilines is 1. The Morgan fingerprint density at radius 2 is 1.92 bits per heavy atom. The zero-order valence-corrected chi connectivity index (χ0v) is 20.9.